The Labute approximate surface area is 81.0 Å². The average molecular weight is 194 g/mol. The highest BCUT2D eigenvalue weighted by atomic mass is 35.5. The van der Waals surface area contributed by atoms with Gasteiger partial charge < -0.3 is 0 Å². The Morgan fingerprint density at radius 1 is 1.38 bits per heavy atom. The van der Waals surface area contributed by atoms with Crippen LogP contribution in [0.3, 0.4) is 0 Å². The van der Waals surface area contributed by atoms with Gasteiger partial charge in [-0.15, -0.1) is 0 Å². The van der Waals surface area contributed by atoms with E-state index in [0.29, 0.717) is 5.02 Å². The number of benzene rings is 1. The third-order valence-electron chi connectivity index (χ3n) is 1.68. The fraction of sp³-hybridized carbons (Fsp3) is 0.111. The van der Waals surface area contributed by atoms with Crippen molar-refractivity contribution in [2.24, 2.45) is 0 Å². The molecule has 0 atom stereocenters. The fourth-order valence-electron chi connectivity index (χ4n) is 1.09. The van der Waals surface area contributed by atoms with E-state index < -0.39 is 0 Å². The lowest BCUT2D eigenvalue weighted by molar-refractivity contribution is 0.863. The summed E-state index contributed by atoms with van der Waals surface area (Å²) in [5, 5.41) is 4.87. The Kier molecular flexibility index (Phi) is 2.02. The molecular weight excluding hydrogens is 186 g/mol. The minimum absolute atomic E-state index is 0.700. The smallest absolute Gasteiger partial charge is 0.147 e. The van der Waals surface area contributed by atoms with Gasteiger partial charge in [-0.1, -0.05) is 17.7 Å². The van der Waals surface area contributed by atoms with Gasteiger partial charge in [-0.25, -0.2) is 9.67 Å². The fourth-order valence-corrected chi connectivity index (χ4v) is 1.27. The van der Waals surface area contributed by atoms with Gasteiger partial charge in [0.05, 0.1) is 5.69 Å². The maximum absolute atomic E-state index is 5.84. The molecule has 0 radical (unpaired) electrons. The molecule has 4 heteroatoms. The van der Waals surface area contributed by atoms with E-state index in [2.05, 4.69) is 10.1 Å². The highest BCUT2D eigenvalue weighted by Crippen LogP contribution is 2.13. The maximum Gasteiger partial charge on any atom is 0.147 e. The van der Waals surface area contributed by atoms with Crippen molar-refractivity contribution in [1.29, 1.82) is 0 Å². The predicted molar refractivity (Wildman–Crippen MR) is 51.1 cm³/mol. The first-order valence-electron chi connectivity index (χ1n) is 3.90. The molecule has 0 unspecified atom stereocenters. The molecule has 1 heterocycles. The van der Waals surface area contributed by atoms with Crippen LogP contribution in [0.25, 0.3) is 5.69 Å². The molecule has 66 valence electrons. The summed E-state index contributed by atoms with van der Waals surface area (Å²) in [6, 6.07) is 7.49. The SMILES string of the molecule is Cc1ncn(-c2cccc(Cl)c2)n1. The molecule has 0 aliphatic carbocycles. The van der Waals surface area contributed by atoms with E-state index in [0.717, 1.165) is 11.5 Å². The summed E-state index contributed by atoms with van der Waals surface area (Å²) in [7, 11) is 0. The third kappa shape index (κ3) is 1.70. The van der Waals surface area contributed by atoms with Crippen molar-refractivity contribution in [2.75, 3.05) is 0 Å². The van der Waals surface area contributed by atoms with Gasteiger partial charge >= 0.3 is 0 Å². The van der Waals surface area contributed by atoms with Gasteiger partial charge in [-0.05, 0) is 25.1 Å². The Bertz CT molecular complexity index is 422. The Balaban J connectivity index is 2.46. The monoisotopic (exact) mass is 193 g/mol. The van der Waals surface area contributed by atoms with Crippen LogP contribution >= 0.6 is 11.6 Å². The molecule has 1 aromatic carbocycles. The van der Waals surface area contributed by atoms with Gasteiger partial charge in [0.25, 0.3) is 0 Å². The largest absolute Gasteiger partial charge is 0.221 e. The topological polar surface area (TPSA) is 30.7 Å². The van der Waals surface area contributed by atoms with Crippen molar-refractivity contribution in [3.8, 4) is 5.69 Å². The molecule has 3 nitrogen and oxygen atoms in total. The molecular formula is C9H8ClN3. The van der Waals surface area contributed by atoms with E-state index in [4.69, 9.17) is 11.6 Å². The third-order valence-corrected chi connectivity index (χ3v) is 1.91. The molecule has 0 aliphatic rings. The second-order valence-corrected chi connectivity index (χ2v) is 3.15. The first kappa shape index (κ1) is 8.26. The summed E-state index contributed by atoms with van der Waals surface area (Å²) < 4.78 is 1.70. The van der Waals surface area contributed by atoms with Crippen molar-refractivity contribution < 1.29 is 0 Å². The number of hydrogen-bond donors (Lipinski definition) is 0. The van der Waals surface area contributed by atoms with Crippen molar-refractivity contribution >= 4 is 11.6 Å². The molecule has 2 aromatic rings. The summed E-state index contributed by atoms with van der Waals surface area (Å²) >= 11 is 5.84. The molecule has 0 amide bonds. The number of halogens is 1. The normalized spacial score (nSPS) is 10.3. The van der Waals surface area contributed by atoms with Crippen LogP contribution in [0, 0.1) is 6.92 Å². The van der Waals surface area contributed by atoms with E-state index in [1.165, 1.54) is 0 Å². The molecule has 0 saturated carbocycles. The van der Waals surface area contributed by atoms with Crippen LogP contribution in [0.5, 0.6) is 0 Å². The van der Waals surface area contributed by atoms with Gasteiger partial charge in [-0.2, -0.15) is 5.10 Å². The summed E-state index contributed by atoms with van der Waals surface area (Å²) in [5.41, 5.74) is 0.924. The van der Waals surface area contributed by atoms with Gasteiger partial charge in [0, 0.05) is 5.02 Å². The van der Waals surface area contributed by atoms with Crippen molar-refractivity contribution in [3.05, 3.63) is 41.4 Å². The standard InChI is InChI=1S/C9H8ClN3/c1-7-11-6-13(12-7)9-4-2-3-8(10)5-9/h2-6H,1H3. The van der Waals surface area contributed by atoms with Crippen LogP contribution in [0.4, 0.5) is 0 Å². The first-order chi connectivity index (χ1) is 6.25. The molecule has 13 heavy (non-hydrogen) atoms. The van der Waals surface area contributed by atoms with E-state index in [-0.39, 0.29) is 0 Å². The molecule has 0 spiro atoms. The zero-order chi connectivity index (χ0) is 9.26. The second-order valence-electron chi connectivity index (χ2n) is 2.72. The minimum atomic E-state index is 0.700. The quantitative estimate of drug-likeness (QED) is 0.696. The lowest BCUT2D eigenvalue weighted by Gasteiger charge is -1.99. The van der Waals surface area contributed by atoms with Gasteiger partial charge in [0.1, 0.15) is 12.2 Å². The highest BCUT2D eigenvalue weighted by Gasteiger charge is 1.98. The second kappa shape index (κ2) is 3.18. The van der Waals surface area contributed by atoms with E-state index in [1.54, 1.807) is 11.0 Å². The lowest BCUT2D eigenvalue weighted by Crippen LogP contribution is -1.94. The number of aromatic nitrogens is 3. The van der Waals surface area contributed by atoms with Crippen LogP contribution in [-0.2, 0) is 0 Å². The van der Waals surface area contributed by atoms with Crippen molar-refractivity contribution in [1.82, 2.24) is 14.8 Å². The van der Waals surface area contributed by atoms with Gasteiger partial charge in [-0.3, -0.25) is 0 Å². The zero-order valence-corrected chi connectivity index (χ0v) is 7.86. The minimum Gasteiger partial charge on any atom is -0.221 e. The Morgan fingerprint density at radius 3 is 2.85 bits per heavy atom. The first-order valence-corrected chi connectivity index (χ1v) is 4.28. The summed E-state index contributed by atoms with van der Waals surface area (Å²) in [6.07, 6.45) is 1.67. The molecule has 2 rings (SSSR count). The van der Waals surface area contributed by atoms with Crippen LogP contribution < -0.4 is 0 Å². The highest BCUT2D eigenvalue weighted by molar-refractivity contribution is 6.30. The predicted octanol–water partition coefficient (Wildman–Crippen LogP) is 2.23. The van der Waals surface area contributed by atoms with Crippen LogP contribution in [0.2, 0.25) is 5.02 Å². The van der Waals surface area contributed by atoms with E-state index >= 15 is 0 Å². The number of aryl methyl sites for hydroxylation is 1. The van der Waals surface area contributed by atoms with Crippen molar-refractivity contribution in [2.45, 2.75) is 6.92 Å². The zero-order valence-electron chi connectivity index (χ0n) is 7.11. The molecule has 0 saturated heterocycles. The van der Waals surface area contributed by atoms with Crippen LogP contribution in [0.15, 0.2) is 30.6 Å². The molecule has 0 fully saturated rings. The van der Waals surface area contributed by atoms with Gasteiger partial charge in [0.2, 0.25) is 0 Å². The van der Waals surface area contributed by atoms with E-state index in [9.17, 15) is 0 Å². The lowest BCUT2D eigenvalue weighted by atomic mass is 10.3. The molecule has 0 bridgehead atoms. The number of nitrogens with zero attached hydrogens (tertiary/aromatic N) is 3. The number of hydrogen-bond acceptors (Lipinski definition) is 2. The summed E-state index contributed by atoms with van der Waals surface area (Å²) in [4.78, 5) is 4.03. The molecule has 0 N–H and O–H groups in total. The Hall–Kier alpha value is -1.35. The number of rotatable bonds is 1. The van der Waals surface area contributed by atoms with Crippen LogP contribution in [-0.4, -0.2) is 14.8 Å². The summed E-state index contributed by atoms with van der Waals surface area (Å²) in [6.45, 7) is 1.85. The van der Waals surface area contributed by atoms with Crippen LogP contribution in [0.1, 0.15) is 5.82 Å². The Morgan fingerprint density at radius 2 is 2.23 bits per heavy atom. The van der Waals surface area contributed by atoms with Gasteiger partial charge in [0.15, 0.2) is 0 Å². The molecule has 0 aliphatic heterocycles. The average Bonchev–Trinajstić information content (AvgIpc) is 2.52. The van der Waals surface area contributed by atoms with Crippen molar-refractivity contribution in [3.63, 3.8) is 0 Å². The maximum atomic E-state index is 5.84. The van der Waals surface area contributed by atoms with E-state index in [1.807, 2.05) is 31.2 Å². The summed E-state index contributed by atoms with van der Waals surface area (Å²) in [5.74, 6) is 0.750. The molecule has 1 aromatic heterocycles.